The van der Waals surface area contributed by atoms with Crippen molar-refractivity contribution in [1.29, 1.82) is 0 Å². The molecule has 0 spiro atoms. The first-order valence-electron chi connectivity index (χ1n) is 8.87. The molecule has 5 heteroatoms. The molecule has 3 heterocycles. The minimum Gasteiger partial charge on any atom is -0.484 e. The summed E-state index contributed by atoms with van der Waals surface area (Å²) in [5, 5.41) is 10.1. The summed E-state index contributed by atoms with van der Waals surface area (Å²) in [4.78, 5) is 6.62. The first-order valence-corrected chi connectivity index (χ1v) is 8.87. The second-order valence-electron chi connectivity index (χ2n) is 7.24. The quantitative estimate of drug-likeness (QED) is 0.931. The van der Waals surface area contributed by atoms with Crippen LogP contribution >= 0.6 is 0 Å². The van der Waals surface area contributed by atoms with E-state index in [1.165, 1.54) is 5.56 Å². The minimum atomic E-state index is -0.497. The van der Waals surface area contributed by atoms with E-state index in [0.717, 1.165) is 38.0 Å². The number of fused-ring (bicyclic) bond motifs is 1. The zero-order valence-corrected chi connectivity index (χ0v) is 14.5. The molecule has 2 aliphatic heterocycles. The van der Waals surface area contributed by atoms with Gasteiger partial charge in [0.05, 0.1) is 5.60 Å². The average molecular weight is 340 g/mol. The number of aliphatic hydroxyl groups is 1. The van der Waals surface area contributed by atoms with E-state index in [1.54, 1.807) is 6.20 Å². The van der Waals surface area contributed by atoms with Gasteiger partial charge in [-0.25, -0.2) is 4.98 Å². The summed E-state index contributed by atoms with van der Waals surface area (Å²) in [5.74, 6) is 1.26. The van der Waals surface area contributed by atoms with E-state index in [-0.39, 0.29) is 6.10 Å². The van der Waals surface area contributed by atoms with Gasteiger partial charge in [0.15, 0.2) is 11.9 Å². The van der Waals surface area contributed by atoms with Crippen LogP contribution in [-0.2, 0) is 6.54 Å². The maximum Gasteiger partial charge on any atom is 0.257 e. The molecule has 1 unspecified atom stereocenters. The Kier molecular flexibility index (Phi) is 4.36. The summed E-state index contributed by atoms with van der Waals surface area (Å²) in [5.41, 5.74) is 1.88. The first-order chi connectivity index (χ1) is 12.1. The van der Waals surface area contributed by atoms with Gasteiger partial charge in [-0.1, -0.05) is 24.3 Å². The highest BCUT2D eigenvalue weighted by molar-refractivity contribution is 5.35. The third kappa shape index (κ3) is 3.78. The molecule has 5 nitrogen and oxygen atoms in total. The first kappa shape index (κ1) is 16.4. The molecule has 1 fully saturated rings. The van der Waals surface area contributed by atoms with E-state index in [4.69, 9.17) is 9.47 Å². The number of rotatable bonds is 3. The molecule has 1 atom stereocenters. The molecule has 0 amide bonds. The van der Waals surface area contributed by atoms with Gasteiger partial charge in [0.25, 0.3) is 5.88 Å². The van der Waals surface area contributed by atoms with Crippen molar-refractivity contribution in [3.05, 3.63) is 53.7 Å². The van der Waals surface area contributed by atoms with E-state index >= 15 is 0 Å². The van der Waals surface area contributed by atoms with Crippen LogP contribution in [0.2, 0.25) is 0 Å². The molecule has 0 bridgehead atoms. The molecule has 0 aliphatic carbocycles. The zero-order valence-electron chi connectivity index (χ0n) is 14.5. The monoisotopic (exact) mass is 340 g/mol. The molecular weight excluding hydrogens is 316 g/mol. The van der Waals surface area contributed by atoms with Gasteiger partial charge in [0.1, 0.15) is 6.61 Å². The van der Waals surface area contributed by atoms with Gasteiger partial charge in [-0.2, -0.15) is 0 Å². The standard InChI is InChI=1S/C20H24N2O3/c1-20(23)8-11-22(12-9-20)13-15-4-6-16(7-5-15)18-14-24-17-3-2-10-21-19(17)25-18/h2-7,10,18,23H,8-9,11-14H2,1H3. The van der Waals surface area contributed by atoms with Gasteiger partial charge in [-0.05, 0) is 43.0 Å². The van der Waals surface area contributed by atoms with Crippen LogP contribution in [0, 0.1) is 0 Å². The van der Waals surface area contributed by atoms with Crippen LogP contribution in [-0.4, -0.2) is 40.3 Å². The molecule has 1 N–H and O–H groups in total. The van der Waals surface area contributed by atoms with Crippen molar-refractivity contribution in [3.8, 4) is 11.6 Å². The molecule has 1 aromatic heterocycles. The van der Waals surface area contributed by atoms with Gasteiger partial charge in [-0.3, -0.25) is 4.90 Å². The molecule has 1 aromatic carbocycles. The lowest BCUT2D eigenvalue weighted by Crippen LogP contribution is -2.41. The van der Waals surface area contributed by atoms with E-state index < -0.39 is 5.60 Å². The number of piperidine rings is 1. The smallest absolute Gasteiger partial charge is 0.257 e. The molecule has 132 valence electrons. The van der Waals surface area contributed by atoms with E-state index in [1.807, 2.05) is 19.1 Å². The van der Waals surface area contributed by atoms with Crippen LogP contribution in [0.3, 0.4) is 0 Å². The highest BCUT2D eigenvalue weighted by Gasteiger charge is 2.27. The lowest BCUT2D eigenvalue weighted by atomic mass is 9.93. The van der Waals surface area contributed by atoms with Crippen molar-refractivity contribution in [3.63, 3.8) is 0 Å². The Morgan fingerprint density at radius 2 is 1.96 bits per heavy atom. The highest BCUT2D eigenvalue weighted by atomic mass is 16.6. The summed E-state index contributed by atoms with van der Waals surface area (Å²) in [6, 6.07) is 12.2. The Balaban J connectivity index is 1.38. The Morgan fingerprint density at radius 3 is 2.72 bits per heavy atom. The Labute approximate surface area is 148 Å². The summed E-state index contributed by atoms with van der Waals surface area (Å²) >= 11 is 0. The van der Waals surface area contributed by atoms with Gasteiger partial charge in [0, 0.05) is 25.8 Å². The van der Waals surface area contributed by atoms with Gasteiger partial charge < -0.3 is 14.6 Å². The number of nitrogens with zero attached hydrogens (tertiary/aromatic N) is 2. The van der Waals surface area contributed by atoms with Crippen LogP contribution in [0.5, 0.6) is 11.6 Å². The predicted octanol–water partition coefficient (Wildman–Crippen LogP) is 2.94. The van der Waals surface area contributed by atoms with E-state index in [0.29, 0.717) is 18.2 Å². The molecule has 2 aromatic rings. The third-order valence-electron chi connectivity index (χ3n) is 5.07. The molecule has 1 saturated heterocycles. The molecular formula is C20H24N2O3. The number of pyridine rings is 1. The summed E-state index contributed by atoms with van der Waals surface area (Å²) in [7, 11) is 0. The van der Waals surface area contributed by atoms with Crippen molar-refractivity contribution in [1.82, 2.24) is 9.88 Å². The summed E-state index contributed by atoms with van der Waals surface area (Å²) < 4.78 is 11.7. The van der Waals surface area contributed by atoms with Crippen LogP contribution in [0.4, 0.5) is 0 Å². The van der Waals surface area contributed by atoms with E-state index in [9.17, 15) is 5.11 Å². The number of benzene rings is 1. The fraction of sp³-hybridized carbons (Fsp3) is 0.450. The SMILES string of the molecule is CC1(O)CCN(Cc2ccc(C3COc4cccnc4O3)cc2)CC1. The van der Waals surface area contributed by atoms with Crippen molar-refractivity contribution in [2.24, 2.45) is 0 Å². The molecule has 25 heavy (non-hydrogen) atoms. The van der Waals surface area contributed by atoms with Gasteiger partial charge >= 0.3 is 0 Å². The number of aromatic nitrogens is 1. The third-order valence-corrected chi connectivity index (χ3v) is 5.07. The molecule has 0 saturated carbocycles. The van der Waals surface area contributed by atoms with Crippen molar-refractivity contribution in [2.45, 2.75) is 38.0 Å². The second kappa shape index (κ2) is 6.65. The number of likely N-dealkylation sites (tertiary alicyclic amines) is 1. The fourth-order valence-corrected chi connectivity index (χ4v) is 3.36. The number of hydrogen-bond donors (Lipinski definition) is 1. The minimum absolute atomic E-state index is 0.124. The average Bonchev–Trinajstić information content (AvgIpc) is 2.64. The van der Waals surface area contributed by atoms with Crippen LogP contribution in [0.1, 0.15) is 37.0 Å². The topological polar surface area (TPSA) is 54.8 Å². The van der Waals surface area contributed by atoms with Gasteiger partial charge in [-0.15, -0.1) is 0 Å². The van der Waals surface area contributed by atoms with Crippen molar-refractivity contribution < 1.29 is 14.6 Å². The second-order valence-corrected chi connectivity index (χ2v) is 7.24. The van der Waals surface area contributed by atoms with Crippen LogP contribution in [0.15, 0.2) is 42.6 Å². The summed E-state index contributed by atoms with van der Waals surface area (Å²) in [6.07, 6.45) is 3.26. The van der Waals surface area contributed by atoms with Crippen molar-refractivity contribution >= 4 is 0 Å². The van der Waals surface area contributed by atoms with Crippen LogP contribution in [0.25, 0.3) is 0 Å². The Hall–Kier alpha value is -2.11. The van der Waals surface area contributed by atoms with E-state index in [2.05, 4.69) is 34.1 Å². The largest absolute Gasteiger partial charge is 0.484 e. The normalized spacial score (nSPS) is 22.6. The Morgan fingerprint density at radius 1 is 1.20 bits per heavy atom. The lowest BCUT2D eigenvalue weighted by molar-refractivity contribution is -0.00730. The van der Waals surface area contributed by atoms with Gasteiger partial charge in [0.2, 0.25) is 0 Å². The predicted molar refractivity (Wildman–Crippen MR) is 94.7 cm³/mol. The summed E-state index contributed by atoms with van der Waals surface area (Å²) in [6.45, 7) is 5.23. The number of ether oxygens (including phenoxy) is 2. The molecule has 0 radical (unpaired) electrons. The highest BCUT2D eigenvalue weighted by Crippen LogP contribution is 2.34. The molecule has 2 aliphatic rings. The maximum atomic E-state index is 10.1. The molecule has 4 rings (SSSR count). The number of hydrogen-bond acceptors (Lipinski definition) is 5. The van der Waals surface area contributed by atoms with Crippen LogP contribution < -0.4 is 9.47 Å². The maximum absolute atomic E-state index is 10.1. The van der Waals surface area contributed by atoms with Crippen molar-refractivity contribution in [2.75, 3.05) is 19.7 Å². The lowest BCUT2D eigenvalue weighted by Gasteiger charge is -2.35. The zero-order chi connectivity index (χ0) is 17.3. The Bertz CT molecular complexity index is 720. The fourth-order valence-electron chi connectivity index (χ4n) is 3.36.